The summed E-state index contributed by atoms with van der Waals surface area (Å²) >= 11 is 0. The first-order chi connectivity index (χ1) is 6.20. The topological polar surface area (TPSA) is 57.5 Å². The minimum atomic E-state index is -1.25. The molecule has 72 valence electrons. The molecule has 0 aliphatic rings. The number of aliphatic hydroxyl groups excluding tert-OH is 1. The van der Waals surface area contributed by atoms with E-state index in [0.717, 1.165) is 5.56 Å². The predicted octanol–water partition coefficient (Wildman–Crippen LogP) is 0.416. The Morgan fingerprint density at radius 2 is 1.86 bits per heavy atom. The van der Waals surface area contributed by atoms with Gasteiger partial charge in [0, 0.05) is 0 Å². The Kier molecular flexibility index (Phi) is 6.83. The Morgan fingerprint density at radius 3 is 2.36 bits per heavy atom. The molecule has 0 saturated heterocycles. The molecule has 0 bridgehead atoms. The van der Waals surface area contributed by atoms with E-state index in [-0.39, 0.29) is 36.0 Å². The number of rotatable bonds is 4. The number of carboxylic acid groups (broad SMARTS) is 1. The van der Waals surface area contributed by atoms with Crippen molar-refractivity contribution in [2.24, 2.45) is 0 Å². The van der Waals surface area contributed by atoms with Gasteiger partial charge in [-0.2, -0.15) is 0 Å². The van der Waals surface area contributed by atoms with Crippen LogP contribution in [0.5, 0.6) is 0 Å². The first kappa shape index (κ1) is 13.7. The van der Waals surface area contributed by atoms with Crippen LogP contribution >= 0.6 is 0 Å². The van der Waals surface area contributed by atoms with Crippen LogP contribution in [0.15, 0.2) is 30.3 Å². The van der Waals surface area contributed by atoms with Crippen molar-refractivity contribution in [2.75, 3.05) is 0 Å². The Morgan fingerprint density at radius 1 is 1.29 bits per heavy atom. The fraction of sp³-hybridized carbons (Fsp3) is 0.300. The van der Waals surface area contributed by atoms with Gasteiger partial charge in [-0.05, 0) is 18.4 Å². The number of aliphatic carboxylic acids is 1. The minimum absolute atomic E-state index is 0. The Bertz CT molecular complexity index is 274. The molecule has 1 aromatic carbocycles. The zero-order valence-corrected chi connectivity index (χ0v) is 7.18. The average molecular weight is 204 g/mol. The summed E-state index contributed by atoms with van der Waals surface area (Å²) in [6.07, 6.45) is -0.395. The van der Waals surface area contributed by atoms with Gasteiger partial charge < -0.3 is 10.2 Å². The van der Waals surface area contributed by atoms with Crippen LogP contribution in [0.4, 0.5) is 0 Å². The molecule has 0 aliphatic carbocycles. The molecular formula is C10H13NaO3. The molecule has 1 rings (SSSR count). The van der Waals surface area contributed by atoms with Crippen LogP contribution in [0.25, 0.3) is 0 Å². The van der Waals surface area contributed by atoms with Gasteiger partial charge in [-0.3, -0.25) is 0 Å². The van der Waals surface area contributed by atoms with Gasteiger partial charge in [-0.25, -0.2) is 4.79 Å². The molecule has 0 aromatic heterocycles. The maximum absolute atomic E-state index is 10.3. The third kappa shape index (κ3) is 4.77. The molecule has 0 heterocycles. The number of aryl methyl sites for hydroxylation is 1. The summed E-state index contributed by atoms with van der Waals surface area (Å²) in [5.41, 5.74) is 1.04. The second-order valence-corrected chi connectivity index (χ2v) is 2.88. The zero-order chi connectivity index (χ0) is 9.68. The summed E-state index contributed by atoms with van der Waals surface area (Å²) < 4.78 is 0. The van der Waals surface area contributed by atoms with Gasteiger partial charge in [0.15, 0.2) is 6.10 Å². The zero-order valence-electron chi connectivity index (χ0n) is 7.18. The summed E-state index contributed by atoms with van der Waals surface area (Å²) in [5.74, 6) is -1.16. The van der Waals surface area contributed by atoms with E-state index in [1.165, 1.54) is 0 Å². The molecule has 0 fully saturated rings. The first-order valence-corrected chi connectivity index (χ1v) is 4.15. The molecule has 1 aromatic rings. The molecular weight excluding hydrogens is 191 g/mol. The molecule has 3 nitrogen and oxygen atoms in total. The average Bonchev–Trinajstić information content (AvgIpc) is 2.15. The normalized spacial score (nSPS) is 11.5. The number of hydrogen-bond donors (Lipinski definition) is 2. The summed E-state index contributed by atoms with van der Waals surface area (Å²) in [6, 6.07) is 9.51. The number of hydrogen-bond acceptors (Lipinski definition) is 2. The van der Waals surface area contributed by atoms with Gasteiger partial charge in [-0.1, -0.05) is 30.3 Å². The van der Waals surface area contributed by atoms with E-state index in [4.69, 9.17) is 10.2 Å². The van der Waals surface area contributed by atoms with Crippen LogP contribution in [0.2, 0.25) is 0 Å². The summed E-state index contributed by atoms with van der Waals surface area (Å²) in [7, 11) is 0. The van der Waals surface area contributed by atoms with E-state index in [1.54, 1.807) is 0 Å². The van der Waals surface area contributed by atoms with Gasteiger partial charge in [0.1, 0.15) is 0 Å². The molecule has 0 amide bonds. The van der Waals surface area contributed by atoms with Gasteiger partial charge in [-0.15, -0.1) is 0 Å². The van der Waals surface area contributed by atoms with Crippen molar-refractivity contribution in [2.45, 2.75) is 18.9 Å². The van der Waals surface area contributed by atoms with Crippen molar-refractivity contribution >= 4 is 35.5 Å². The van der Waals surface area contributed by atoms with Crippen molar-refractivity contribution in [3.63, 3.8) is 0 Å². The predicted molar refractivity (Wildman–Crippen MR) is 55.6 cm³/mol. The monoisotopic (exact) mass is 204 g/mol. The Balaban J connectivity index is 0.00000169. The van der Waals surface area contributed by atoms with E-state index < -0.39 is 12.1 Å². The second-order valence-electron chi connectivity index (χ2n) is 2.88. The molecule has 14 heavy (non-hydrogen) atoms. The van der Waals surface area contributed by atoms with Crippen LogP contribution in [-0.4, -0.2) is 51.8 Å². The van der Waals surface area contributed by atoms with Gasteiger partial charge >= 0.3 is 35.5 Å². The number of carbonyl (C=O) groups is 1. The van der Waals surface area contributed by atoms with Crippen molar-refractivity contribution in [1.82, 2.24) is 0 Å². The Hall–Kier alpha value is -0.350. The van der Waals surface area contributed by atoms with E-state index in [1.807, 2.05) is 30.3 Å². The summed E-state index contributed by atoms with van der Waals surface area (Å²) in [5, 5.41) is 17.4. The van der Waals surface area contributed by atoms with E-state index in [0.29, 0.717) is 6.42 Å². The molecule has 1 unspecified atom stereocenters. The van der Waals surface area contributed by atoms with Gasteiger partial charge in [0.2, 0.25) is 0 Å². The fourth-order valence-electron chi connectivity index (χ4n) is 1.07. The molecule has 1 atom stereocenters. The number of benzene rings is 1. The summed E-state index contributed by atoms with van der Waals surface area (Å²) in [4.78, 5) is 10.3. The third-order valence-electron chi connectivity index (χ3n) is 1.83. The second kappa shape index (κ2) is 7.01. The van der Waals surface area contributed by atoms with Crippen LogP contribution in [0.3, 0.4) is 0 Å². The SMILES string of the molecule is O=C(O)C(O)CCc1ccccc1.[NaH]. The van der Waals surface area contributed by atoms with Gasteiger partial charge in [0.05, 0.1) is 0 Å². The van der Waals surface area contributed by atoms with Crippen LogP contribution in [0, 0.1) is 0 Å². The van der Waals surface area contributed by atoms with Crippen molar-refractivity contribution in [3.05, 3.63) is 35.9 Å². The van der Waals surface area contributed by atoms with Crippen molar-refractivity contribution in [3.8, 4) is 0 Å². The maximum atomic E-state index is 10.3. The van der Waals surface area contributed by atoms with Crippen LogP contribution in [0.1, 0.15) is 12.0 Å². The quantitative estimate of drug-likeness (QED) is 0.699. The van der Waals surface area contributed by atoms with Crippen molar-refractivity contribution < 1.29 is 15.0 Å². The Labute approximate surface area is 105 Å². The molecule has 0 radical (unpaired) electrons. The van der Waals surface area contributed by atoms with E-state index in [2.05, 4.69) is 0 Å². The molecule has 0 saturated carbocycles. The number of aliphatic hydroxyl groups is 1. The van der Waals surface area contributed by atoms with E-state index >= 15 is 0 Å². The van der Waals surface area contributed by atoms with Crippen LogP contribution in [-0.2, 0) is 11.2 Å². The molecule has 0 spiro atoms. The first-order valence-electron chi connectivity index (χ1n) is 4.15. The van der Waals surface area contributed by atoms with Gasteiger partial charge in [0.25, 0.3) is 0 Å². The standard InChI is InChI=1S/C10H12O3.Na.H/c11-9(10(12)13)7-6-8-4-2-1-3-5-8;;/h1-5,9,11H,6-7H2,(H,12,13);;. The van der Waals surface area contributed by atoms with Crippen molar-refractivity contribution in [1.29, 1.82) is 0 Å². The fourth-order valence-corrected chi connectivity index (χ4v) is 1.07. The number of carboxylic acids is 1. The molecule has 4 heteroatoms. The molecule has 2 N–H and O–H groups in total. The van der Waals surface area contributed by atoms with E-state index in [9.17, 15) is 4.79 Å². The third-order valence-corrected chi connectivity index (χ3v) is 1.83. The summed E-state index contributed by atoms with van der Waals surface area (Å²) in [6.45, 7) is 0. The van der Waals surface area contributed by atoms with Crippen LogP contribution < -0.4 is 0 Å². The molecule has 0 aliphatic heterocycles.